The monoisotopic (exact) mass is 1070 g/mol. The molecule has 0 aliphatic carbocycles. The smallest absolute Gasteiger partial charge is 0.306 e. The second-order valence-electron chi connectivity index (χ2n) is 23.1. The van der Waals surface area contributed by atoms with Gasteiger partial charge in [-0.15, -0.1) is 0 Å². The van der Waals surface area contributed by atoms with Crippen molar-refractivity contribution in [3.63, 3.8) is 0 Å². The van der Waals surface area contributed by atoms with E-state index in [4.69, 9.17) is 14.2 Å². The van der Waals surface area contributed by atoms with Gasteiger partial charge in [-0.2, -0.15) is 0 Å². The summed E-state index contributed by atoms with van der Waals surface area (Å²) in [5.41, 5.74) is 0. The Morgan fingerprint density at radius 3 is 0.776 bits per heavy atom. The summed E-state index contributed by atoms with van der Waals surface area (Å²) in [5.74, 6) is -0.882. The predicted octanol–water partition coefficient (Wildman–Crippen LogP) is 23.2. The first-order chi connectivity index (χ1) is 37.5. The number of allylic oxidation sites excluding steroid dienone is 6. The van der Waals surface area contributed by atoms with Crippen LogP contribution >= 0.6 is 0 Å². The minimum absolute atomic E-state index is 0.0769. The van der Waals surface area contributed by atoms with Crippen molar-refractivity contribution >= 4 is 17.9 Å². The fourth-order valence-corrected chi connectivity index (χ4v) is 10.2. The van der Waals surface area contributed by atoms with Crippen molar-refractivity contribution in [1.82, 2.24) is 0 Å². The zero-order chi connectivity index (χ0) is 55.0. The summed E-state index contributed by atoms with van der Waals surface area (Å²) in [4.78, 5) is 38.2. The van der Waals surface area contributed by atoms with E-state index in [0.29, 0.717) is 19.3 Å². The lowest BCUT2D eigenvalue weighted by molar-refractivity contribution is -0.167. The van der Waals surface area contributed by atoms with Crippen LogP contribution in [-0.4, -0.2) is 37.2 Å². The molecule has 0 radical (unpaired) electrons. The van der Waals surface area contributed by atoms with E-state index in [9.17, 15) is 14.4 Å². The molecule has 0 saturated heterocycles. The van der Waals surface area contributed by atoms with E-state index in [1.54, 1.807) is 0 Å². The van der Waals surface area contributed by atoms with Crippen molar-refractivity contribution in [3.05, 3.63) is 36.5 Å². The molecule has 0 fully saturated rings. The molecule has 6 heteroatoms. The van der Waals surface area contributed by atoms with Crippen molar-refractivity contribution < 1.29 is 28.6 Å². The molecule has 0 aromatic carbocycles. The highest BCUT2D eigenvalue weighted by atomic mass is 16.6. The maximum absolute atomic E-state index is 12.8. The molecule has 446 valence electrons. The van der Waals surface area contributed by atoms with Gasteiger partial charge in [0.15, 0.2) is 6.10 Å². The second-order valence-corrected chi connectivity index (χ2v) is 23.1. The topological polar surface area (TPSA) is 78.9 Å². The molecule has 0 aliphatic heterocycles. The fraction of sp³-hybridized carbons (Fsp3) is 0.871. The van der Waals surface area contributed by atoms with Crippen LogP contribution in [-0.2, 0) is 28.6 Å². The van der Waals surface area contributed by atoms with Crippen LogP contribution in [0.4, 0.5) is 0 Å². The highest BCUT2D eigenvalue weighted by Crippen LogP contribution is 2.18. The summed E-state index contributed by atoms with van der Waals surface area (Å²) in [6, 6.07) is 0. The van der Waals surface area contributed by atoms with Crippen LogP contribution in [0.3, 0.4) is 0 Å². The molecule has 0 saturated carbocycles. The minimum atomic E-state index is -0.780. The Hall–Kier alpha value is -2.37. The van der Waals surface area contributed by atoms with Crippen LogP contribution in [0.5, 0.6) is 0 Å². The quantitative estimate of drug-likeness (QED) is 0.0261. The SMILES string of the molecule is CCCC/C=C\C/C=C\CCCCCCCC(=O)OC(COC(=O)CCCCCCC/C=C\CCCC)COC(=O)CCCCCCCCCCCCCCCCCCCCCCCCCCCCCCCCCCC. The summed E-state index contributed by atoms with van der Waals surface area (Å²) in [6.45, 7) is 6.59. The molecule has 0 spiro atoms. The van der Waals surface area contributed by atoms with E-state index in [1.165, 1.54) is 244 Å². The summed E-state index contributed by atoms with van der Waals surface area (Å²) < 4.78 is 16.9. The molecule has 1 atom stereocenters. The third kappa shape index (κ3) is 62.5. The lowest BCUT2D eigenvalue weighted by Crippen LogP contribution is -2.30. The maximum Gasteiger partial charge on any atom is 0.306 e. The lowest BCUT2D eigenvalue weighted by atomic mass is 10.0. The zero-order valence-corrected chi connectivity index (χ0v) is 51.3. The maximum atomic E-state index is 12.8. The average Bonchev–Trinajstić information content (AvgIpc) is 3.42. The van der Waals surface area contributed by atoms with E-state index in [-0.39, 0.29) is 31.1 Å². The van der Waals surface area contributed by atoms with Gasteiger partial charge in [0, 0.05) is 19.3 Å². The fourth-order valence-electron chi connectivity index (χ4n) is 10.2. The van der Waals surface area contributed by atoms with Gasteiger partial charge in [0.1, 0.15) is 13.2 Å². The van der Waals surface area contributed by atoms with Crippen LogP contribution in [0, 0.1) is 0 Å². The third-order valence-corrected chi connectivity index (χ3v) is 15.4. The Balaban J connectivity index is 4.02. The molecule has 76 heavy (non-hydrogen) atoms. The van der Waals surface area contributed by atoms with Gasteiger partial charge in [-0.25, -0.2) is 0 Å². The average molecular weight is 1070 g/mol. The van der Waals surface area contributed by atoms with Gasteiger partial charge in [0.25, 0.3) is 0 Å². The normalized spacial score (nSPS) is 12.2. The van der Waals surface area contributed by atoms with Crippen LogP contribution in [0.25, 0.3) is 0 Å². The Morgan fingerprint density at radius 1 is 0.263 bits per heavy atom. The number of esters is 3. The zero-order valence-electron chi connectivity index (χ0n) is 51.3. The number of rotatable bonds is 63. The molecular weight excluding hydrogens is 937 g/mol. The van der Waals surface area contributed by atoms with E-state index in [2.05, 4.69) is 57.2 Å². The number of hydrogen-bond donors (Lipinski definition) is 0. The largest absolute Gasteiger partial charge is 0.462 e. The molecule has 0 aromatic rings. The van der Waals surface area contributed by atoms with E-state index in [1.807, 2.05) is 0 Å². The van der Waals surface area contributed by atoms with Crippen molar-refractivity contribution in [2.75, 3.05) is 13.2 Å². The van der Waals surface area contributed by atoms with Crippen LogP contribution < -0.4 is 0 Å². The molecule has 0 N–H and O–H groups in total. The standard InChI is InChI=1S/C70H130O6/c1-4-7-10-13-16-19-22-24-26-27-28-29-30-31-32-33-34-35-36-37-38-39-40-41-42-43-44-46-48-51-54-57-60-63-69(72)75-66-67(65-74-68(71)62-59-56-53-50-47-21-18-15-12-9-6-3)76-70(73)64-61-58-55-52-49-45-25-23-20-17-14-11-8-5-2/h14-15,17-18,23,25,67H,4-13,16,19-22,24,26-66H2,1-3H3/b17-14-,18-15-,25-23-. The summed E-state index contributed by atoms with van der Waals surface area (Å²) in [6.07, 6.45) is 80.6. The first-order valence-electron chi connectivity index (χ1n) is 34.0. The van der Waals surface area contributed by atoms with E-state index in [0.717, 1.165) is 89.9 Å². The third-order valence-electron chi connectivity index (χ3n) is 15.4. The molecule has 0 aromatic heterocycles. The number of ether oxygens (including phenoxy) is 3. The van der Waals surface area contributed by atoms with Gasteiger partial charge in [0.05, 0.1) is 0 Å². The molecule has 6 nitrogen and oxygen atoms in total. The van der Waals surface area contributed by atoms with Crippen molar-refractivity contribution in [1.29, 1.82) is 0 Å². The van der Waals surface area contributed by atoms with Crippen LogP contribution in [0.2, 0.25) is 0 Å². The molecule has 0 aliphatic rings. The second kappa shape index (κ2) is 65.2. The van der Waals surface area contributed by atoms with Crippen molar-refractivity contribution in [3.8, 4) is 0 Å². The van der Waals surface area contributed by atoms with Crippen LogP contribution in [0.1, 0.15) is 374 Å². The Bertz CT molecular complexity index is 1270. The number of hydrogen-bond acceptors (Lipinski definition) is 6. The van der Waals surface area contributed by atoms with Gasteiger partial charge in [-0.3, -0.25) is 14.4 Å². The molecular formula is C70H130O6. The summed E-state index contributed by atoms with van der Waals surface area (Å²) in [7, 11) is 0. The van der Waals surface area contributed by atoms with Gasteiger partial charge in [-0.05, 0) is 64.2 Å². The van der Waals surface area contributed by atoms with Crippen molar-refractivity contribution in [2.45, 2.75) is 380 Å². The lowest BCUT2D eigenvalue weighted by Gasteiger charge is -2.18. The highest BCUT2D eigenvalue weighted by molar-refractivity contribution is 5.71. The first kappa shape index (κ1) is 73.6. The predicted molar refractivity (Wildman–Crippen MR) is 330 cm³/mol. The van der Waals surface area contributed by atoms with Gasteiger partial charge >= 0.3 is 17.9 Å². The molecule has 0 rings (SSSR count). The number of unbranched alkanes of at least 4 members (excludes halogenated alkanes) is 46. The number of carbonyl (C=O) groups excluding carboxylic acids is 3. The Morgan fingerprint density at radius 2 is 0.487 bits per heavy atom. The number of carbonyl (C=O) groups is 3. The molecule has 0 amide bonds. The van der Waals surface area contributed by atoms with Gasteiger partial charge in [0.2, 0.25) is 0 Å². The van der Waals surface area contributed by atoms with Crippen molar-refractivity contribution in [2.24, 2.45) is 0 Å². The Labute approximate surface area is 474 Å². The van der Waals surface area contributed by atoms with E-state index < -0.39 is 6.10 Å². The van der Waals surface area contributed by atoms with Gasteiger partial charge < -0.3 is 14.2 Å². The first-order valence-corrected chi connectivity index (χ1v) is 34.0. The molecule has 1 unspecified atom stereocenters. The Kier molecular flexibility index (Phi) is 63.1. The molecule has 0 bridgehead atoms. The highest BCUT2D eigenvalue weighted by Gasteiger charge is 2.19. The molecule has 0 heterocycles. The van der Waals surface area contributed by atoms with Gasteiger partial charge in [-0.1, -0.05) is 327 Å². The van der Waals surface area contributed by atoms with E-state index >= 15 is 0 Å². The minimum Gasteiger partial charge on any atom is -0.462 e. The summed E-state index contributed by atoms with van der Waals surface area (Å²) in [5, 5.41) is 0. The van der Waals surface area contributed by atoms with Crippen LogP contribution in [0.15, 0.2) is 36.5 Å². The summed E-state index contributed by atoms with van der Waals surface area (Å²) >= 11 is 0.